The third kappa shape index (κ3) is 4.51. The Morgan fingerprint density at radius 2 is 2.23 bits per heavy atom. The molecule has 0 saturated carbocycles. The van der Waals surface area contributed by atoms with Gasteiger partial charge < -0.3 is 10.3 Å². The summed E-state index contributed by atoms with van der Waals surface area (Å²) in [6.07, 6.45) is -0.515. The fourth-order valence-electron chi connectivity index (χ4n) is 0.875. The van der Waals surface area contributed by atoms with Crippen LogP contribution in [0.25, 0.3) is 0 Å². The van der Waals surface area contributed by atoms with Gasteiger partial charge in [0.15, 0.2) is 0 Å². The van der Waals surface area contributed by atoms with Crippen LogP contribution in [0.1, 0.15) is 5.69 Å². The molecule has 1 aromatic heterocycles. The Balaban J connectivity index is 2.09. The van der Waals surface area contributed by atoms with E-state index in [1.165, 1.54) is 6.33 Å². The molecular formula is C7H10F3N3. The first-order valence-corrected chi connectivity index (χ1v) is 3.82. The van der Waals surface area contributed by atoms with Crippen molar-refractivity contribution in [2.45, 2.75) is 12.6 Å². The van der Waals surface area contributed by atoms with Gasteiger partial charge in [-0.1, -0.05) is 0 Å². The molecule has 0 aromatic carbocycles. The standard InChI is InChI=1S/C7H10F3N3/c8-7(9,10)4-11-2-1-6-3-12-5-13-6/h3,5,11H,1-2,4H2,(H,12,13). The number of aromatic nitrogens is 2. The molecular weight excluding hydrogens is 183 g/mol. The van der Waals surface area contributed by atoms with Crippen LogP contribution >= 0.6 is 0 Å². The summed E-state index contributed by atoms with van der Waals surface area (Å²) >= 11 is 0. The van der Waals surface area contributed by atoms with Crippen molar-refractivity contribution in [2.24, 2.45) is 0 Å². The molecule has 0 aliphatic carbocycles. The number of H-pyrrole nitrogens is 1. The van der Waals surface area contributed by atoms with Crippen LogP contribution in [0.4, 0.5) is 13.2 Å². The van der Waals surface area contributed by atoms with Gasteiger partial charge in [-0.3, -0.25) is 0 Å². The van der Waals surface area contributed by atoms with Crippen LogP contribution in [0.15, 0.2) is 12.5 Å². The molecule has 1 heterocycles. The van der Waals surface area contributed by atoms with Crippen LogP contribution in [-0.4, -0.2) is 29.2 Å². The summed E-state index contributed by atoms with van der Waals surface area (Å²) in [4.78, 5) is 6.55. The Hall–Kier alpha value is -1.04. The monoisotopic (exact) mass is 193 g/mol. The molecule has 2 N–H and O–H groups in total. The highest BCUT2D eigenvalue weighted by Gasteiger charge is 2.25. The second-order valence-electron chi connectivity index (χ2n) is 2.62. The Bertz CT molecular complexity index is 230. The molecule has 0 spiro atoms. The first kappa shape index (κ1) is 10.0. The third-order valence-electron chi connectivity index (χ3n) is 1.45. The molecule has 1 rings (SSSR count). The summed E-state index contributed by atoms with van der Waals surface area (Å²) in [5.41, 5.74) is 0.828. The van der Waals surface area contributed by atoms with E-state index < -0.39 is 12.7 Å². The van der Waals surface area contributed by atoms with E-state index in [1.807, 2.05) is 0 Å². The van der Waals surface area contributed by atoms with Gasteiger partial charge in [0, 0.05) is 24.9 Å². The normalized spacial score (nSPS) is 11.9. The molecule has 0 radical (unpaired) electrons. The number of nitrogens with zero attached hydrogens (tertiary/aromatic N) is 1. The largest absolute Gasteiger partial charge is 0.401 e. The quantitative estimate of drug-likeness (QED) is 0.703. The fourth-order valence-corrected chi connectivity index (χ4v) is 0.875. The Labute approximate surface area is 73.4 Å². The zero-order valence-electron chi connectivity index (χ0n) is 6.86. The molecule has 0 aliphatic heterocycles. The van der Waals surface area contributed by atoms with Crippen molar-refractivity contribution < 1.29 is 13.2 Å². The van der Waals surface area contributed by atoms with Crippen molar-refractivity contribution >= 4 is 0 Å². The van der Waals surface area contributed by atoms with E-state index in [1.54, 1.807) is 6.20 Å². The summed E-state index contributed by atoms with van der Waals surface area (Å²) < 4.78 is 34.9. The summed E-state index contributed by atoms with van der Waals surface area (Å²) in [6.45, 7) is -0.650. The zero-order valence-corrected chi connectivity index (χ0v) is 6.86. The Kier molecular flexibility index (Phi) is 3.30. The van der Waals surface area contributed by atoms with E-state index in [0.717, 1.165) is 5.69 Å². The van der Waals surface area contributed by atoms with Crippen LogP contribution in [0.3, 0.4) is 0 Å². The van der Waals surface area contributed by atoms with Gasteiger partial charge in [-0.25, -0.2) is 4.98 Å². The average Bonchev–Trinajstić information content (AvgIpc) is 2.48. The van der Waals surface area contributed by atoms with Gasteiger partial charge in [0.1, 0.15) is 0 Å². The highest BCUT2D eigenvalue weighted by atomic mass is 19.4. The maximum atomic E-state index is 11.6. The van der Waals surface area contributed by atoms with Crippen molar-refractivity contribution in [1.82, 2.24) is 15.3 Å². The topological polar surface area (TPSA) is 40.7 Å². The second kappa shape index (κ2) is 4.27. The molecule has 13 heavy (non-hydrogen) atoms. The first-order valence-electron chi connectivity index (χ1n) is 3.82. The number of alkyl halides is 3. The molecule has 0 saturated heterocycles. The maximum Gasteiger partial charge on any atom is 0.401 e. The second-order valence-corrected chi connectivity index (χ2v) is 2.62. The minimum absolute atomic E-state index is 0.293. The SMILES string of the molecule is FC(F)(F)CNCCc1cnc[nH]1. The molecule has 1 aromatic rings. The maximum absolute atomic E-state index is 11.6. The van der Waals surface area contributed by atoms with Gasteiger partial charge >= 0.3 is 6.18 Å². The molecule has 3 nitrogen and oxygen atoms in total. The summed E-state index contributed by atoms with van der Waals surface area (Å²) in [5.74, 6) is 0. The number of halogens is 3. The van der Waals surface area contributed by atoms with Gasteiger partial charge in [0.25, 0.3) is 0 Å². The van der Waals surface area contributed by atoms with Gasteiger partial charge in [0.05, 0.1) is 12.9 Å². The van der Waals surface area contributed by atoms with Crippen LogP contribution in [-0.2, 0) is 6.42 Å². The van der Waals surface area contributed by atoms with E-state index >= 15 is 0 Å². The van der Waals surface area contributed by atoms with Crippen molar-refractivity contribution in [2.75, 3.05) is 13.1 Å². The fraction of sp³-hybridized carbons (Fsp3) is 0.571. The molecule has 0 bridgehead atoms. The molecule has 74 valence electrons. The lowest BCUT2D eigenvalue weighted by Crippen LogP contribution is -2.30. The number of imidazole rings is 1. The zero-order chi connectivity index (χ0) is 9.73. The Morgan fingerprint density at radius 3 is 2.77 bits per heavy atom. The minimum Gasteiger partial charge on any atom is -0.348 e. The van der Waals surface area contributed by atoms with E-state index in [9.17, 15) is 13.2 Å². The van der Waals surface area contributed by atoms with E-state index in [2.05, 4.69) is 15.3 Å². The number of rotatable bonds is 4. The van der Waals surface area contributed by atoms with Gasteiger partial charge in [-0.05, 0) is 0 Å². The molecule has 0 fully saturated rings. The lowest BCUT2D eigenvalue weighted by atomic mass is 10.3. The summed E-state index contributed by atoms with van der Waals surface area (Å²) in [6, 6.07) is 0. The minimum atomic E-state index is -4.13. The van der Waals surface area contributed by atoms with Crippen LogP contribution in [0.5, 0.6) is 0 Å². The van der Waals surface area contributed by atoms with Gasteiger partial charge in [-0.2, -0.15) is 13.2 Å². The number of hydrogen-bond acceptors (Lipinski definition) is 2. The van der Waals surface area contributed by atoms with Crippen LogP contribution in [0, 0.1) is 0 Å². The third-order valence-corrected chi connectivity index (χ3v) is 1.45. The average molecular weight is 193 g/mol. The molecule has 6 heteroatoms. The van der Waals surface area contributed by atoms with E-state index in [4.69, 9.17) is 0 Å². The van der Waals surface area contributed by atoms with E-state index in [0.29, 0.717) is 13.0 Å². The van der Waals surface area contributed by atoms with Crippen molar-refractivity contribution in [1.29, 1.82) is 0 Å². The predicted octanol–water partition coefficient (Wildman–Crippen LogP) is 1.10. The number of aromatic amines is 1. The van der Waals surface area contributed by atoms with Crippen molar-refractivity contribution in [3.63, 3.8) is 0 Å². The molecule has 0 unspecified atom stereocenters. The van der Waals surface area contributed by atoms with Crippen LogP contribution in [0.2, 0.25) is 0 Å². The summed E-state index contributed by atoms with van der Waals surface area (Å²) in [5, 5.41) is 2.29. The molecule has 0 atom stereocenters. The highest BCUT2D eigenvalue weighted by Crippen LogP contribution is 2.11. The molecule has 0 aliphatic rings. The Morgan fingerprint density at radius 1 is 1.46 bits per heavy atom. The smallest absolute Gasteiger partial charge is 0.348 e. The predicted molar refractivity (Wildman–Crippen MR) is 41.2 cm³/mol. The number of nitrogens with one attached hydrogen (secondary N) is 2. The van der Waals surface area contributed by atoms with Gasteiger partial charge in [-0.15, -0.1) is 0 Å². The summed E-state index contributed by atoms with van der Waals surface area (Å²) in [7, 11) is 0. The van der Waals surface area contributed by atoms with Gasteiger partial charge in [0.2, 0.25) is 0 Å². The first-order chi connectivity index (χ1) is 6.08. The highest BCUT2D eigenvalue weighted by molar-refractivity contribution is 4.94. The van der Waals surface area contributed by atoms with E-state index in [-0.39, 0.29) is 0 Å². The van der Waals surface area contributed by atoms with Crippen molar-refractivity contribution in [3.8, 4) is 0 Å². The molecule has 0 amide bonds. The number of hydrogen-bond donors (Lipinski definition) is 2. The van der Waals surface area contributed by atoms with Crippen molar-refractivity contribution in [3.05, 3.63) is 18.2 Å². The lowest BCUT2D eigenvalue weighted by molar-refractivity contribution is -0.124. The van der Waals surface area contributed by atoms with Crippen LogP contribution < -0.4 is 5.32 Å². The lowest BCUT2D eigenvalue weighted by Gasteiger charge is -2.06.